The van der Waals surface area contributed by atoms with E-state index in [-0.39, 0.29) is 0 Å². The Kier molecular flexibility index (Phi) is 3.70. The second-order valence-electron chi connectivity index (χ2n) is 5.77. The van der Waals surface area contributed by atoms with E-state index >= 15 is 0 Å². The quantitative estimate of drug-likeness (QED) is 0.741. The van der Waals surface area contributed by atoms with E-state index in [4.69, 9.17) is 5.73 Å². The molecule has 1 saturated heterocycles. The van der Waals surface area contributed by atoms with Crippen molar-refractivity contribution in [1.29, 1.82) is 0 Å². The lowest BCUT2D eigenvalue weighted by Crippen LogP contribution is -2.57. The Morgan fingerprint density at radius 3 is 2.31 bits per heavy atom. The fraction of sp³-hybridized carbons (Fsp3) is 0.857. The fourth-order valence-electron chi connectivity index (χ4n) is 3.64. The summed E-state index contributed by atoms with van der Waals surface area (Å²) < 4.78 is 0. The van der Waals surface area contributed by atoms with E-state index in [0.29, 0.717) is 11.6 Å². The van der Waals surface area contributed by atoms with Gasteiger partial charge in [-0.2, -0.15) is 0 Å². The van der Waals surface area contributed by atoms with Crippen molar-refractivity contribution in [2.24, 2.45) is 5.73 Å². The zero-order valence-corrected chi connectivity index (χ0v) is 10.7. The molecule has 0 aromatic heterocycles. The average molecular weight is 222 g/mol. The third kappa shape index (κ3) is 2.18. The van der Waals surface area contributed by atoms with Gasteiger partial charge >= 0.3 is 0 Å². The predicted molar refractivity (Wildman–Crippen MR) is 69.4 cm³/mol. The number of hydrogen-bond acceptors (Lipinski definition) is 2. The first-order valence-corrected chi connectivity index (χ1v) is 6.80. The molecule has 0 amide bonds. The monoisotopic (exact) mass is 222 g/mol. The first kappa shape index (κ1) is 12.1. The Balaban J connectivity index is 2.10. The van der Waals surface area contributed by atoms with Crippen molar-refractivity contribution in [3.8, 4) is 0 Å². The first-order valence-electron chi connectivity index (χ1n) is 6.80. The van der Waals surface area contributed by atoms with Gasteiger partial charge in [-0.05, 0) is 52.1 Å². The van der Waals surface area contributed by atoms with Crippen molar-refractivity contribution in [2.45, 2.75) is 63.5 Å². The number of hydrogen-bond donors (Lipinski definition) is 1. The molecule has 16 heavy (non-hydrogen) atoms. The zero-order valence-electron chi connectivity index (χ0n) is 10.7. The SMILES string of the molecule is C=C(C)CC(N)C1(N2CCCC2)CCCC1. The second-order valence-corrected chi connectivity index (χ2v) is 5.77. The van der Waals surface area contributed by atoms with Gasteiger partial charge in [0.15, 0.2) is 0 Å². The van der Waals surface area contributed by atoms with Crippen LogP contribution in [-0.4, -0.2) is 29.6 Å². The van der Waals surface area contributed by atoms with Crippen molar-refractivity contribution in [3.05, 3.63) is 12.2 Å². The molecule has 0 spiro atoms. The minimum atomic E-state index is 0.297. The van der Waals surface area contributed by atoms with E-state index < -0.39 is 0 Å². The highest BCUT2D eigenvalue weighted by Crippen LogP contribution is 2.40. The number of nitrogens with two attached hydrogens (primary N) is 1. The smallest absolute Gasteiger partial charge is 0.0363 e. The van der Waals surface area contributed by atoms with Crippen LogP contribution in [0, 0.1) is 0 Å². The third-order valence-corrected chi connectivity index (χ3v) is 4.46. The first-order chi connectivity index (χ1) is 7.65. The van der Waals surface area contributed by atoms with Crippen LogP contribution in [0.1, 0.15) is 51.9 Å². The number of rotatable bonds is 4. The maximum Gasteiger partial charge on any atom is 0.0363 e. The summed E-state index contributed by atoms with van der Waals surface area (Å²) in [6.45, 7) is 8.66. The van der Waals surface area contributed by atoms with Crippen LogP contribution >= 0.6 is 0 Å². The minimum absolute atomic E-state index is 0.297. The molecule has 1 aliphatic carbocycles. The standard InChI is InChI=1S/C14H26N2/c1-12(2)11-13(15)14(7-3-4-8-14)16-9-5-6-10-16/h13H,1,3-11,15H2,2H3. The maximum atomic E-state index is 6.49. The van der Waals surface area contributed by atoms with Gasteiger partial charge in [0.05, 0.1) is 0 Å². The average Bonchev–Trinajstić information content (AvgIpc) is 2.88. The summed E-state index contributed by atoms with van der Waals surface area (Å²) in [4.78, 5) is 2.69. The summed E-state index contributed by atoms with van der Waals surface area (Å²) in [5, 5.41) is 0. The topological polar surface area (TPSA) is 29.3 Å². The Bertz CT molecular complexity index is 247. The molecule has 2 heteroatoms. The molecule has 2 rings (SSSR count). The van der Waals surface area contributed by atoms with Gasteiger partial charge in [-0.1, -0.05) is 18.4 Å². The molecule has 1 saturated carbocycles. The van der Waals surface area contributed by atoms with E-state index in [2.05, 4.69) is 18.4 Å². The molecule has 0 radical (unpaired) electrons. The molecular formula is C14H26N2. The van der Waals surface area contributed by atoms with Gasteiger partial charge in [-0.25, -0.2) is 0 Å². The summed E-state index contributed by atoms with van der Waals surface area (Å²) in [6, 6.07) is 0.297. The number of likely N-dealkylation sites (tertiary alicyclic amines) is 1. The third-order valence-electron chi connectivity index (χ3n) is 4.46. The molecule has 2 nitrogen and oxygen atoms in total. The van der Waals surface area contributed by atoms with Crippen LogP contribution in [0.5, 0.6) is 0 Å². The molecular weight excluding hydrogens is 196 g/mol. The predicted octanol–water partition coefficient (Wildman–Crippen LogP) is 2.69. The largest absolute Gasteiger partial charge is 0.326 e. The highest BCUT2D eigenvalue weighted by molar-refractivity contribution is 5.07. The van der Waals surface area contributed by atoms with Gasteiger partial charge in [0, 0.05) is 11.6 Å². The van der Waals surface area contributed by atoms with Gasteiger partial charge in [-0.15, -0.1) is 6.58 Å². The van der Waals surface area contributed by atoms with E-state index in [1.54, 1.807) is 0 Å². The van der Waals surface area contributed by atoms with Crippen molar-refractivity contribution < 1.29 is 0 Å². The van der Waals surface area contributed by atoms with Crippen LogP contribution in [0.25, 0.3) is 0 Å². The van der Waals surface area contributed by atoms with E-state index in [1.807, 2.05) is 0 Å². The van der Waals surface area contributed by atoms with Crippen LogP contribution in [0.15, 0.2) is 12.2 Å². The van der Waals surface area contributed by atoms with Crippen LogP contribution in [0.2, 0.25) is 0 Å². The fourth-order valence-corrected chi connectivity index (χ4v) is 3.64. The van der Waals surface area contributed by atoms with E-state index in [1.165, 1.54) is 57.2 Å². The summed E-state index contributed by atoms with van der Waals surface area (Å²) in [6.07, 6.45) is 9.06. The molecule has 0 bridgehead atoms. The van der Waals surface area contributed by atoms with Gasteiger partial charge in [0.2, 0.25) is 0 Å². The summed E-state index contributed by atoms with van der Waals surface area (Å²) in [5.41, 5.74) is 8.04. The minimum Gasteiger partial charge on any atom is -0.326 e. The van der Waals surface area contributed by atoms with Crippen molar-refractivity contribution in [2.75, 3.05) is 13.1 Å². The molecule has 2 aliphatic rings. The van der Waals surface area contributed by atoms with Crippen molar-refractivity contribution in [1.82, 2.24) is 4.90 Å². The van der Waals surface area contributed by atoms with E-state index in [9.17, 15) is 0 Å². The Labute approximate surface area is 99.9 Å². The number of nitrogens with zero attached hydrogens (tertiary/aromatic N) is 1. The van der Waals surface area contributed by atoms with Crippen LogP contribution in [0.4, 0.5) is 0 Å². The maximum absolute atomic E-state index is 6.49. The lowest BCUT2D eigenvalue weighted by molar-refractivity contribution is 0.0922. The Morgan fingerprint density at radius 2 is 1.81 bits per heavy atom. The molecule has 2 fully saturated rings. The lowest BCUT2D eigenvalue weighted by Gasteiger charge is -2.43. The highest BCUT2D eigenvalue weighted by Gasteiger charge is 2.44. The highest BCUT2D eigenvalue weighted by atomic mass is 15.2. The van der Waals surface area contributed by atoms with Crippen LogP contribution in [-0.2, 0) is 0 Å². The van der Waals surface area contributed by atoms with Gasteiger partial charge in [0.1, 0.15) is 0 Å². The molecule has 2 N–H and O–H groups in total. The lowest BCUT2D eigenvalue weighted by atomic mass is 9.83. The molecule has 1 aliphatic heterocycles. The van der Waals surface area contributed by atoms with Crippen LogP contribution < -0.4 is 5.73 Å². The summed E-state index contributed by atoms with van der Waals surface area (Å²) in [7, 11) is 0. The molecule has 1 heterocycles. The Morgan fingerprint density at radius 1 is 1.25 bits per heavy atom. The van der Waals surface area contributed by atoms with Gasteiger partial charge in [0.25, 0.3) is 0 Å². The molecule has 0 aromatic carbocycles. The molecule has 1 unspecified atom stereocenters. The van der Waals surface area contributed by atoms with Crippen LogP contribution in [0.3, 0.4) is 0 Å². The zero-order chi connectivity index (χ0) is 11.6. The Hall–Kier alpha value is -0.340. The summed E-state index contributed by atoms with van der Waals surface area (Å²) >= 11 is 0. The van der Waals surface area contributed by atoms with Gasteiger partial charge < -0.3 is 5.73 Å². The van der Waals surface area contributed by atoms with E-state index in [0.717, 1.165) is 6.42 Å². The second kappa shape index (κ2) is 4.89. The van der Waals surface area contributed by atoms with Crippen molar-refractivity contribution in [3.63, 3.8) is 0 Å². The molecule has 92 valence electrons. The van der Waals surface area contributed by atoms with Crippen molar-refractivity contribution >= 4 is 0 Å². The summed E-state index contributed by atoms with van der Waals surface area (Å²) in [5.74, 6) is 0. The van der Waals surface area contributed by atoms with Gasteiger partial charge in [-0.3, -0.25) is 4.90 Å². The molecule has 1 atom stereocenters. The molecule has 0 aromatic rings. The normalized spacial score (nSPS) is 27.1.